The molecule has 0 spiro atoms. The van der Waals surface area contributed by atoms with Crippen molar-refractivity contribution in [1.29, 1.82) is 0 Å². The number of carbonyl (C=O) groups is 1. The van der Waals surface area contributed by atoms with Gasteiger partial charge in [-0.25, -0.2) is 0 Å². The standard InChI is InChI=1S/C14H17N3O4S/c15-7-3-1-6(2-4-7)13-16-9-11(20)10(19)8(5-18)22-12(9)14(21)17-13/h1-4,8-12,18-20H,5,15H2,(H,16,17,21)/t8?,9?,10-,11-,12?/m1/s1. The molecule has 22 heavy (non-hydrogen) atoms. The van der Waals surface area contributed by atoms with Gasteiger partial charge in [0.1, 0.15) is 23.2 Å². The lowest BCUT2D eigenvalue weighted by atomic mass is 9.97. The van der Waals surface area contributed by atoms with E-state index in [4.69, 9.17) is 5.73 Å². The van der Waals surface area contributed by atoms with Crippen molar-refractivity contribution >= 4 is 29.2 Å². The highest BCUT2D eigenvalue weighted by atomic mass is 32.2. The number of amidine groups is 1. The van der Waals surface area contributed by atoms with Crippen molar-refractivity contribution in [3.63, 3.8) is 0 Å². The molecule has 0 aliphatic carbocycles. The predicted octanol–water partition coefficient (Wildman–Crippen LogP) is -1.29. The van der Waals surface area contributed by atoms with Crippen molar-refractivity contribution in [1.82, 2.24) is 5.32 Å². The molecule has 8 heteroatoms. The minimum Gasteiger partial charge on any atom is -0.399 e. The Morgan fingerprint density at radius 1 is 1.23 bits per heavy atom. The third-order valence-electron chi connectivity index (χ3n) is 3.85. The number of thioether (sulfide) groups is 1. The number of benzene rings is 1. The predicted molar refractivity (Wildman–Crippen MR) is 83.6 cm³/mol. The first kappa shape index (κ1) is 15.3. The number of nitrogens with one attached hydrogen (secondary N) is 1. The number of nitrogen functional groups attached to an aromatic ring is 1. The number of aliphatic hydroxyl groups is 3. The molecule has 3 rings (SSSR count). The van der Waals surface area contributed by atoms with E-state index in [1.165, 1.54) is 0 Å². The molecular formula is C14H17N3O4S. The lowest BCUT2D eigenvalue weighted by molar-refractivity contribution is -0.121. The third kappa shape index (κ3) is 2.58. The van der Waals surface area contributed by atoms with Crippen molar-refractivity contribution in [2.24, 2.45) is 4.99 Å². The second kappa shape index (κ2) is 5.88. The molecule has 2 heterocycles. The molecule has 7 nitrogen and oxygen atoms in total. The molecule has 1 aromatic rings. The average Bonchev–Trinajstić information content (AvgIpc) is 2.52. The van der Waals surface area contributed by atoms with Crippen LogP contribution in [0.15, 0.2) is 29.3 Å². The van der Waals surface area contributed by atoms with Gasteiger partial charge in [0.2, 0.25) is 5.91 Å². The van der Waals surface area contributed by atoms with Crippen molar-refractivity contribution < 1.29 is 20.1 Å². The van der Waals surface area contributed by atoms with Crippen LogP contribution in [0.2, 0.25) is 0 Å². The highest BCUT2D eigenvalue weighted by Gasteiger charge is 2.48. The molecule has 0 radical (unpaired) electrons. The first-order valence-electron chi connectivity index (χ1n) is 6.88. The molecule has 3 unspecified atom stereocenters. The summed E-state index contributed by atoms with van der Waals surface area (Å²) >= 11 is 1.14. The fraction of sp³-hybridized carbons (Fsp3) is 0.429. The van der Waals surface area contributed by atoms with Crippen LogP contribution in [0.5, 0.6) is 0 Å². The molecule has 5 atom stereocenters. The SMILES string of the molecule is Nc1ccc(C2=NC3C(SC(CO)[C@@H](O)[C@@H]3O)C(=O)N2)cc1. The van der Waals surface area contributed by atoms with Crippen LogP contribution in [-0.2, 0) is 4.79 Å². The molecular weight excluding hydrogens is 306 g/mol. The van der Waals surface area contributed by atoms with Crippen LogP contribution in [0, 0.1) is 0 Å². The number of aliphatic imine (C=N–C) groups is 1. The van der Waals surface area contributed by atoms with Crippen molar-refractivity contribution in [3.8, 4) is 0 Å². The van der Waals surface area contributed by atoms with Crippen LogP contribution in [0.1, 0.15) is 5.56 Å². The lowest BCUT2D eigenvalue weighted by Gasteiger charge is -2.41. The van der Waals surface area contributed by atoms with E-state index in [2.05, 4.69) is 10.3 Å². The zero-order valence-electron chi connectivity index (χ0n) is 11.6. The van der Waals surface area contributed by atoms with Gasteiger partial charge < -0.3 is 26.4 Å². The van der Waals surface area contributed by atoms with E-state index in [-0.39, 0.29) is 12.5 Å². The third-order valence-corrected chi connectivity index (χ3v) is 5.42. The van der Waals surface area contributed by atoms with Gasteiger partial charge >= 0.3 is 0 Å². The van der Waals surface area contributed by atoms with E-state index in [9.17, 15) is 20.1 Å². The molecule has 2 aliphatic heterocycles. The zero-order valence-corrected chi connectivity index (χ0v) is 12.4. The Balaban J connectivity index is 1.93. The molecule has 1 fully saturated rings. The lowest BCUT2D eigenvalue weighted by Crippen LogP contribution is -2.60. The van der Waals surface area contributed by atoms with E-state index in [1.807, 2.05) is 0 Å². The summed E-state index contributed by atoms with van der Waals surface area (Å²) in [5.41, 5.74) is 6.91. The summed E-state index contributed by atoms with van der Waals surface area (Å²) in [6.45, 7) is -0.312. The minimum absolute atomic E-state index is 0.291. The average molecular weight is 323 g/mol. The van der Waals surface area contributed by atoms with E-state index < -0.39 is 28.7 Å². The zero-order chi connectivity index (χ0) is 15.9. The molecule has 1 aromatic carbocycles. The molecule has 0 aromatic heterocycles. The van der Waals surface area contributed by atoms with Crippen LogP contribution in [0.3, 0.4) is 0 Å². The van der Waals surface area contributed by atoms with Gasteiger partial charge in [-0.05, 0) is 24.3 Å². The number of hydrogen-bond donors (Lipinski definition) is 5. The van der Waals surface area contributed by atoms with Crippen LogP contribution >= 0.6 is 11.8 Å². The van der Waals surface area contributed by atoms with Gasteiger partial charge in [-0.15, -0.1) is 11.8 Å². The summed E-state index contributed by atoms with van der Waals surface area (Å²) in [6.07, 6.45) is -2.32. The summed E-state index contributed by atoms with van der Waals surface area (Å²) < 4.78 is 0. The van der Waals surface area contributed by atoms with Crippen LogP contribution < -0.4 is 11.1 Å². The molecule has 0 bridgehead atoms. The second-order valence-corrected chi connectivity index (χ2v) is 6.72. The maximum Gasteiger partial charge on any atom is 0.240 e. The van der Waals surface area contributed by atoms with Gasteiger partial charge in [0.15, 0.2) is 0 Å². The van der Waals surface area contributed by atoms with Gasteiger partial charge in [-0.3, -0.25) is 9.79 Å². The minimum atomic E-state index is -1.20. The Hall–Kier alpha value is -1.61. The number of nitrogens with two attached hydrogens (primary N) is 1. The Labute approximate surface area is 131 Å². The fourth-order valence-electron chi connectivity index (χ4n) is 2.62. The normalized spacial score (nSPS) is 34.6. The first-order chi connectivity index (χ1) is 10.5. The monoisotopic (exact) mass is 323 g/mol. The van der Waals surface area contributed by atoms with Gasteiger partial charge in [0, 0.05) is 11.3 Å². The summed E-state index contributed by atoms with van der Waals surface area (Å²) in [5.74, 6) is 0.0572. The number of nitrogens with zero attached hydrogens (tertiary/aromatic N) is 1. The topological polar surface area (TPSA) is 128 Å². The summed E-state index contributed by atoms with van der Waals surface area (Å²) in [5, 5.41) is 30.9. The number of aliphatic hydroxyl groups excluding tert-OH is 3. The number of hydrogen-bond acceptors (Lipinski definition) is 7. The number of fused-ring (bicyclic) bond motifs is 1. The largest absolute Gasteiger partial charge is 0.399 e. The quantitative estimate of drug-likeness (QED) is 0.431. The summed E-state index contributed by atoms with van der Waals surface area (Å²) in [7, 11) is 0. The van der Waals surface area contributed by atoms with E-state index >= 15 is 0 Å². The highest BCUT2D eigenvalue weighted by Crippen LogP contribution is 2.36. The molecule has 1 saturated heterocycles. The van der Waals surface area contributed by atoms with E-state index in [1.54, 1.807) is 24.3 Å². The van der Waals surface area contributed by atoms with Gasteiger partial charge in [-0.1, -0.05) is 0 Å². The molecule has 1 amide bonds. The number of carbonyl (C=O) groups excluding carboxylic acids is 1. The Kier molecular flexibility index (Phi) is 4.09. The smallest absolute Gasteiger partial charge is 0.240 e. The Bertz CT molecular complexity index is 607. The number of amides is 1. The van der Waals surface area contributed by atoms with Crippen LogP contribution in [0.25, 0.3) is 0 Å². The highest BCUT2D eigenvalue weighted by molar-refractivity contribution is 8.01. The Morgan fingerprint density at radius 2 is 1.91 bits per heavy atom. The molecule has 118 valence electrons. The fourth-order valence-corrected chi connectivity index (χ4v) is 3.97. The molecule has 0 saturated carbocycles. The van der Waals surface area contributed by atoms with Crippen molar-refractivity contribution in [2.75, 3.05) is 12.3 Å². The van der Waals surface area contributed by atoms with E-state index in [0.717, 1.165) is 11.8 Å². The van der Waals surface area contributed by atoms with Crippen molar-refractivity contribution in [3.05, 3.63) is 29.8 Å². The van der Waals surface area contributed by atoms with Crippen molar-refractivity contribution in [2.45, 2.75) is 28.7 Å². The first-order valence-corrected chi connectivity index (χ1v) is 7.82. The molecule has 6 N–H and O–H groups in total. The van der Waals surface area contributed by atoms with Gasteiger partial charge in [0.25, 0.3) is 0 Å². The maximum absolute atomic E-state index is 12.3. The summed E-state index contributed by atoms with van der Waals surface area (Å²) in [4.78, 5) is 16.7. The van der Waals surface area contributed by atoms with Gasteiger partial charge in [0.05, 0.1) is 18.0 Å². The van der Waals surface area contributed by atoms with Crippen LogP contribution in [-0.4, -0.2) is 62.4 Å². The Morgan fingerprint density at radius 3 is 2.55 bits per heavy atom. The number of anilines is 1. The van der Waals surface area contributed by atoms with Gasteiger partial charge in [-0.2, -0.15) is 0 Å². The number of rotatable bonds is 2. The summed E-state index contributed by atoms with van der Waals surface area (Å²) in [6, 6.07) is 6.09. The van der Waals surface area contributed by atoms with E-state index in [0.29, 0.717) is 17.1 Å². The second-order valence-electron chi connectivity index (χ2n) is 5.34. The van der Waals surface area contributed by atoms with Crippen LogP contribution in [0.4, 0.5) is 5.69 Å². The maximum atomic E-state index is 12.3. The molecule has 2 aliphatic rings.